The number of hydrogen-bond donors (Lipinski definition) is 2. The van der Waals surface area contributed by atoms with Gasteiger partial charge < -0.3 is 15.5 Å². The van der Waals surface area contributed by atoms with Crippen molar-refractivity contribution in [3.05, 3.63) is 41.5 Å². The summed E-state index contributed by atoms with van der Waals surface area (Å²) in [4.78, 5) is 25.3. The van der Waals surface area contributed by atoms with Gasteiger partial charge in [-0.25, -0.2) is 9.97 Å². The van der Waals surface area contributed by atoms with Crippen LogP contribution in [0.2, 0.25) is 0 Å². The molecule has 0 aliphatic carbocycles. The zero-order valence-corrected chi connectivity index (χ0v) is 15.3. The van der Waals surface area contributed by atoms with E-state index in [0.29, 0.717) is 0 Å². The lowest BCUT2D eigenvalue weighted by atomic mass is 9.84. The molecule has 1 saturated heterocycles. The highest BCUT2D eigenvalue weighted by Gasteiger charge is 2.44. The van der Waals surface area contributed by atoms with Crippen LogP contribution in [0.4, 0.5) is 17.2 Å². The summed E-state index contributed by atoms with van der Waals surface area (Å²) in [7, 11) is 0. The molecule has 4 heterocycles. The number of carbonyl (C=O) groups is 1. The number of rotatable bonds is 1. The molecule has 5 rings (SSSR count). The van der Waals surface area contributed by atoms with Crippen molar-refractivity contribution >= 4 is 44.7 Å². The first-order valence-corrected chi connectivity index (χ1v) is 9.68. The Kier molecular flexibility index (Phi) is 3.40. The Labute approximate surface area is 155 Å². The third-order valence-corrected chi connectivity index (χ3v) is 6.12. The van der Waals surface area contributed by atoms with E-state index in [9.17, 15) is 4.79 Å². The topological polar surface area (TPSA) is 70.2 Å². The lowest BCUT2D eigenvalue weighted by Crippen LogP contribution is -2.58. The smallest absolute Gasteiger partial charge is 0.250 e. The molecular weight excluding hydrogens is 346 g/mol. The maximum absolute atomic E-state index is 12.8. The Morgan fingerprint density at radius 1 is 1.12 bits per heavy atom. The molecule has 1 spiro atoms. The molecule has 1 fully saturated rings. The lowest BCUT2D eigenvalue weighted by molar-refractivity contribution is -0.121. The van der Waals surface area contributed by atoms with Crippen molar-refractivity contribution in [3.63, 3.8) is 0 Å². The summed E-state index contributed by atoms with van der Waals surface area (Å²) >= 11 is 1.64. The number of nitrogens with zero attached hydrogens (tertiary/aromatic N) is 3. The van der Waals surface area contributed by atoms with Gasteiger partial charge in [0.1, 0.15) is 22.0 Å². The summed E-state index contributed by atoms with van der Waals surface area (Å²) in [5.41, 5.74) is 1.32. The van der Waals surface area contributed by atoms with Crippen molar-refractivity contribution in [2.24, 2.45) is 0 Å². The van der Waals surface area contributed by atoms with Crippen molar-refractivity contribution in [3.8, 4) is 0 Å². The van der Waals surface area contributed by atoms with E-state index in [1.807, 2.05) is 31.2 Å². The minimum Gasteiger partial charge on any atom is -0.369 e. The predicted octanol–water partition coefficient (Wildman–Crippen LogP) is 3.40. The molecule has 3 aromatic rings. The standard InChI is InChI=1S/C19H19N5OS/c1-12-20-16(13-6-11-26-17(13)21-12)24-9-7-19(8-10-24)18(25)22-14-4-2-3-5-15(14)23-19/h2-6,11,23H,7-10H2,1H3,(H,22,25). The first-order valence-electron chi connectivity index (χ1n) is 8.80. The maximum atomic E-state index is 12.8. The number of para-hydroxylation sites is 2. The van der Waals surface area contributed by atoms with Gasteiger partial charge in [0.05, 0.1) is 16.8 Å². The van der Waals surface area contributed by atoms with Crippen LogP contribution >= 0.6 is 11.3 Å². The van der Waals surface area contributed by atoms with Gasteiger partial charge >= 0.3 is 0 Å². The molecule has 2 aromatic heterocycles. The number of amides is 1. The van der Waals surface area contributed by atoms with Gasteiger partial charge in [0.15, 0.2) is 0 Å². The van der Waals surface area contributed by atoms with E-state index in [1.54, 1.807) is 11.3 Å². The van der Waals surface area contributed by atoms with E-state index in [2.05, 4.69) is 36.9 Å². The fourth-order valence-electron chi connectivity index (χ4n) is 3.89. The second kappa shape index (κ2) is 5.67. The molecule has 26 heavy (non-hydrogen) atoms. The van der Waals surface area contributed by atoms with Gasteiger partial charge in [-0.15, -0.1) is 11.3 Å². The van der Waals surface area contributed by atoms with Gasteiger partial charge in [-0.3, -0.25) is 4.79 Å². The SMILES string of the molecule is Cc1nc(N2CCC3(CC2)Nc2ccccc2NC3=O)c2ccsc2n1. The highest BCUT2D eigenvalue weighted by atomic mass is 32.1. The van der Waals surface area contributed by atoms with Gasteiger partial charge in [0.25, 0.3) is 0 Å². The second-order valence-electron chi connectivity index (χ2n) is 6.93. The molecule has 1 amide bonds. The Hall–Kier alpha value is -2.67. The minimum atomic E-state index is -0.541. The van der Waals surface area contributed by atoms with E-state index in [1.165, 1.54) is 0 Å². The number of benzene rings is 1. The van der Waals surface area contributed by atoms with Gasteiger partial charge in [-0.1, -0.05) is 12.1 Å². The van der Waals surface area contributed by atoms with Crippen molar-refractivity contribution in [2.45, 2.75) is 25.3 Å². The molecule has 0 bridgehead atoms. The molecule has 0 radical (unpaired) electrons. The average molecular weight is 365 g/mol. The minimum absolute atomic E-state index is 0.0652. The van der Waals surface area contributed by atoms with E-state index in [4.69, 9.17) is 0 Å². The van der Waals surface area contributed by atoms with Crippen LogP contribution in [0.1, 0.15) is 18.7 Å². The number of carbonyl (C=O) groups excluding carboxylic acids is 1. The Morgan fingerprint density at radius 2 is 1.88 bits per heavy atom. The second-order valence-corrected chi connectivity index (χ2v) is 7.82. The van der Waals surface area contributed by atoms with Crippen molar-refractivity contribution < 1.29 is 4.79 Å². The lowest BCUT2D eigenvalue weighted by Gasteiger charge is -2.44. The highest BCUT2D eigenvalue weighted by molar-refractivity contribution is 7.16. The van der Waals surface area contributed by atoms with Gasteiger partial charge in [-0.2, -0.15) is 0 Å². The zero-order chi connectivity index (χ0) is 17.7. The first-order chi connectivity index (χ1) is 12.6. The van der Waals surface area contributed by atoms with Crippen LogP contribution in [0, 0.1) is 6.92 Å². The number of piperidine rings is 1. The molecule has 0 atom stereocenters. The molecule has 2 N–H and O–H groups in total. The van der Waals surface area contributed by atoms with Crippen molar-refractivity contribution in [1.82, 2.24) is 9.97 Å². The first kappa shape index (κ1) is 15.6. The van der Waals surface area contributed by atoms with Crippen LogP contribution < -0.4 is 15.5 Å². The number of aryl methyl sites for hydroxylation is 1. The van der Waals surface area contributed by atoms with Gasteiger partial charge in [0.2, 0.25) is 5.91 Å². The van der Waals surface area contributed by atoms with Crippen molar-refractivity contribution in [1.29, 1.82) is 0 Å². The highest BCUT2D eigenvalue weighted by Crippen LogP contribution is 2.38. The molecule has 0 unspecified atom stereocenters. The molecule has 132 valence electrons. The molecule has 6 nitrogen and oxygen atoms in total. The summed E-state index contributed by atoms with van der Waals surface area (Å²) in [6.07, 6.45) is 1.48. The van der Waals surface area contributed by atoms with E-state index < -0.39 is 5.54 Å². The molecule has 1 aromatic carbocycles. The molecular formula is C19H19N5OS. The van der Waals surface area contributed by atoms with Crippen LogP contribution in [0.5, 0.6) is 0 Å². The van der Waals surface area contributed by atoms with E-state index >= 15 is 0 Å². The summed E-state index contributed by atoms with van der Waals surface area (Å²) in [5.74, 6) is 1.84. The Bertz CT molecular complexity index is 1010. The number of hydrogen-bond acceptors (Lipinski definition) is 6. The summed E-state index contributed by atoms with van der Waals surface area (Å²) in [6, 6.07) is 9.96. The van der Waals surface area contributed by atoms with Crippen LogP contribution in [0.15, 0.2) is 35.7 Å². The third kappa shape index (κ3) is 2.34. The number of fused-ring (bicyclic) bond motifs is 2. The molecule has 0 saturated carbocycles. The molecule has 2 aliphatic heterocycles. The fourth-order valence-corrected chi connectivity index (χ4v) is 4.70. The maximum Gasteiger partial charge on any atom is 0.250 e. The van der Waals surface area contributed by atoms with Gasteiger partial charge in [0, 0.05) is 13.1 Å². The Morgan fingerprint density at radius 3 is 2.69 bits per heavy atom. The van der Waals surface area contributed by atoms with Crippen LogP contribution in [0.25, 0.3) is 10.2 Å². The predicted molar refractivity (Wildman–Crippen MR) is 105 cm³/mol. The van der Waals surface area contributed by atoms with Crippen LogP contribution in [0.3, 0.4) is 0 Å². The van der Waals surface area contributed by atoms with E-state index in [-0.39, 0.29) is 5.91 Å². The number of anilines is 3. The van der Waals surface area contributed by atoms with Crippen LogP contribution in [-0.4, -0.2) is 34.5 Å². The Balaban J connectivity index is 1.43. The number of nitrogens with one attached hydrogen (secondary N) is 2. The summed E-state index contributed by atoms with van der Waals surface area (Å²) in [6.45, 7) is 3.50. The summed E-state index contributed by atoms with van der Waals surface area (Å²) < 4.78 is 0. The quantitative estimate of drug-likeness (QED) is 0.692. The number of aromatic nitrogens is 2. The average Bonchev–Trinajstić information content (AvgIpc) is 3.11. The normalized spacial score (nSPS) is 18.5. The zero-order valence-electron chi connectivity index (χ0n) is 14.5. The molecule has 7 heteroatoms. The fraction of sp³-hybridized carbons (Fsp3) is 0.316. The van der Waals surface area contributed by atoms with E-state index in [0.717, 1.165) is 59.2 Å². The third-order valence-electron chi connectivity index (χ3n) is 5.32. The van der Waals surface area contributed by atoms with Crippen molar-refractivity contribution in [2.75, 3.05) is 28.6 Å². The van der Waals surface area contributed by atoms with Crippen LogP contribution in [-0.2, 0) is 4.79 Å². The summed E-state index contributed by atoms with van der Waals surface area (Å²) in [5, 5.41) is 9.73. The largest absolute Gasteiger partial charge is 0.369 e. The molecule has 2 aliphatic rings. The monoisotopic (exact) mass is 365 g/mol. The number of thiophene rings is 1. The van der Waals surface area contributed by atoms with Gasteiger partial charge in [-0.05, 0) is 43.3 Å².